The quantitative estimate of drug-likeness (QED) is 0.264. The summed E-state index contributed by atoms with van der Waals surface area (Å²) in [4.78, 5) is 38.2. The van der Waals surface area contributed by atoms with Crippen molar-refractivity contribution < 1.29 is 29.0 Å². The molecule has 0 saturated heterocycles. The summed E-state index contributed by atoms with van der Waals surface area (Å²) in [6.07, 6.45) is 3.66. The second kappa shape index (κ2) is 10.3. The van der Waals surface area contributed by atoms with Crippen molar-refractivity contribution in [3.05, 3.63) is 39.8 Å². The van der Waals surface area contributed by atoms with Gasteiger partial charge in [0, 0.05) is 10.4 Å². The predicted octanol–water partition coefficient (Wildman–Crippen LogP) is 2.85. The summed E-state index contributed by atoms with van der Waals surface area (Å²) < 4.78 is 10.2. The Morgan fingerprint density at radius 2 is 2.09 bits per heavy atom. The fraction of sp³-hybridized carbons (Fsp3) is 0.364. The molecule has 2 amide bonds. The summed E-state index contributed by atoms with van der Waals surface area (Å²) in [6, 6.07) is 4.78. The van der Waals surface area contributed by atoms with Crippen LogP contribution in [0.25, 0.3) is 0 Å². The van der Waals surface area contributed by atoms with Crippen molar-refractivity contribution in [2.45, 2.75) is 33.1 Å². The number of methoxy groups -OCH3 is 1. The van der Waals surface area contributed by atoms with Gasteiger partial charge in [-0.1, -0.05) is 13.0 Å². The molecule has 1 aromatic carbocycles. The first-order valence-corrected chi connectivity index (χ1v) is 11.0. The average Bonchev–Trinajstić information content (AvgIpc) is 3.11. The number of nitrogens with zero attached hydrogens (tertiary/aromatic N) is 1. The van der Waals surface area contributed by atoms with Crippen LogP contribution < -0.4 is 15.5 Å². The van der Waals surface area contributed by atoms with Gasteiger partial charge in [-0.3, -0.25) is 9.59 Å². The molecule has 3 N–H and O–H groups in total. The first-order valence-electron chi connectivity index (χ1n) is 10.2. The maximum atomic E-state index is 12.5. The fourth-order valence-corrected chi connectivity index (χ4v) is 4.83. The molecule has 1 atom stereocenters. The van der Waals surface area contributed by atoms with Crippen LogP contribution in [0.3, 0.4) is 0 Å². The number of carbonyl (C=O) groups is 3. The normalized spacial score (nSPS) is 15.2. The molecule has 1 aliphatic rings. The van der Waals surface area contributed by atoms with E-state index in [1.165, 1.54) is 24.7 Å². The number of aromatic hydroxyl groups is 1. The second-order valence-corrected chi connectivity index (χ2v) is 8.43. The second-order valence-electron chi connectivity index (χ2n) is 7.33. The lowest BCUT2D eigenvalue weighted by Crippen LogP contribution is -2.32. The Labute approximate surface area is 189 Å². The van der Waals surface area contributed by atoms with Crippen molar-refractivity contribution in [2.75, 3.05) is 19.0 Å². The Balaban J connectivity index is 1.72. The van der Waals surface area contributed by atoms with Crippen LogP contribution >= 0.6 is 11.3 Å². The van der Waals surface area contributed by atoms with E-state index >= 15 is 0 Å². The van der Waals surface area contributed by atoms with Gasteiger partial charge >= 0.3 is 17.8 Å². The van der Waals surface area contributed by atoms with Gasteiger partial charge in [-0.05, 0) is 49.8 Å². The molecular weight excluding hydrogens is 434 g/mol. The summed E-state index contributed by atoms with van der Waals surface area (Å²) in [5.41, 5.74) is 3.62. The maximum Gasteiger partial charge on any atom is 0.341 e. The molecule has 1 aliphatic carbocycles. The number of carbonyl (C=O) groups excluding carboxylic acids is 3. The Bertz CT molecular complexity index is 1060. The number of phenols is 1. The van der Waals surface area contributed by atoms with Crippen molar-refractivity contribution >= 4 is 40.3 Å². The van der Waals surface area contributed by atoms with Crippen molar-refractivity contribution in [2.24, 2.45) is 11.0 Å². The third-order valence-corrected chi connectivity index (χ3v) is 6.21. The summed E-state index contributed by atoms with van der Waals surface area (Å²) in [5, 5.41) is 16.6. The Morgan fingerprint density at radius 1 is 1.31 bits per heavy atom. The molecule has 0 bridgehead atoms. The largest absolute Gasteiger partial charge is 0.504 e. The van der Waals surface area contributed by atoms with Crippen molar-refractivity contribution in [1.29, 1.82) is 0 Å². The van der Waals surface area contributed by atoms with Gasteiger partial charge in [0.2, 0.25) is 0 Å². The van der Waals surface area contributed by atoms with E-state index in [-0.39, 0.29) is 18.1 Å². The number of esters is 1. The lowest BCUT2D eigenvalue weighted by molar-refractivity contribution is -0.136. The van der Waals surface area contributed by atoms with Crippen molar-refractivity contribution in [3.63, 3.8) is 0 Å². The Hall–Kier alpha value is -3.40. The van der Waals surface area contributed by atoms with Crippen LogP contribution in [-0.2, 0) is 27.2 Å². The Kier molecular flexibility index (Phi) is 7.47. The van der Waals surface area contributed by atoms with E-state index in [2.05, 4.69) is 22.8 Å². The molecule has 10 heteroatoms. The fourth-order valence-electron chi connectivity index (χ4n) is 3.44. The molecule has 1 heterocycles. The molecule has 9 nitrogen and oxygen atoms in total. The molecule has 0 fully saturated rings. The number of benzene rings is 1. The first-order chi connectivity index (χ1) is 15.3. The predicted molar refractivity (Wildman–Crippen MR) is 120 cm³/mol. The minimum Gasteiger partial charge on any atom is -0.504 e. The molecule has 0 saturated carbocycles. The highest BCUT2D eigenvalue weighted by Gasteiger charge is 2.30. The molecule has 1 aromatic heterocycles. The Morgan fingerprint density at radius 3 is 2.81 bits per heavy atom. The molecule has 2 aromatic rings. The van der Waals surface area contributed by atoms with Crippen LogP contribution in [0.2, 0.25) is 0 Å². The van der Waals surface area contributed by atoms with Crippen LogP contribution in [0.5, 0.6) is 11.5 Å². The number of hydrogen-bond acceptors (Lipinski definition) is 8. The van der Waals surface area contributed by atoms with Crippen molar-refractivity contribution in [1.82, 2.24) is 5.43 Å². The average molecular weight is 460 g/mol. The topological polar surface area (TPSA) is 126 Å². The van der Waals surface area contributed by atoms with Gasteiger partial charge in [0.15, 0.2) is 11.5 Å². The molecule has 3 rings (SSSR count). The number of nitrogens with one attached hydrogen (secondary N) is 2. The zero-order valence-electron chi connectivity index (χ0n) is 18.1. The summed E-state index contributed by atoms with van der Waals surface area (Å²) in [5.74, 6) is -1.91. The number of fused-ring (bicyclic) bond motifs is 1. The summed E-state index contributed by atoms with van der Waals surface area (Å²) >= 11 is 1.29. The minimum atomic E-state index is -1.02. The first kappa shape index (κ1) is 23.3. The standard InChI is InChI=1S/C22H25N3O6S/c1-4-31-22(29)17-14-9-8-12(2)10-16(14)32-21(17)24-19(27)20(28)25-23-11-13-6-5-7-15(30-3)18(13)26/h5-7,11-12,26H,4,8-10H2,1-3H3,(H,24,27)(H,25,28)/b23-11-/t12-/m1/s1. The van der Waals surface area contributed by atoms with E-state index < -0.39 is 17.8 Å². The van der Waals surface area contributed by atoms with Gasteiger partial charge < -0.3 is 19.9 Å². The van der Waals surface area contributed by atoms with Gasteiger partial charge in [0.25, 0.3) is 0 Å². The van der Waals surface area contributed by atoms with Crippen LogP contribution in [0.4, 0.5) is 5.00 Å². The number of hydrogen-bond donors (Lipinski definition) is 3. The van der Waals surface area contributed by atoms with Gasteiger partial charge in [0.05, 0.1) is 25.5 Å². The summed E-state index contributed by atoms with van der Waals surface area (Å²) in [6.45, 7) is 4.05. The molecule has 0 radical (unpaired) electrons. The highest BCUT2D eigenvalue weighted by Crippen LogP contribution is 2.40. The van der Waals surface area contributed by atoms with Gasteiger partial charge in [-0.15, -0.1) is 11.3 Å². The number of phenolic OH excluding ortho intramolecular Hbond substituents is 1. The van der Waals surface area contributed by atoms with E-state index in [0.717, 1.165) is 29.7 Å². The zero-order chi connectivity index (χ0) is 23.3. The lowest BCUT2D eigenvalue weighted by Gasteiger charge is -2.18. The smallest absolute Gasteiger partial charge is 0.341 e. The lowest BCUT2D eigenvalue weighted by atomic mass is 9.88. The highest BCUT2D eigenvalue weighted by molar-refractivity contribution is 7.17. The monoisotopic (exact) mass is 459 g/mol. The number of rotatable bonds is 6. The number of thiophene rings is 1. The molecule has 32 heavy (non-hydrogen) atoms. The van der Waals surface area contributed by atoms with Crippen LogP contribution in [0.15, 0.2) is 23.3 Å². The summed E-state index contributed by atoms with van der Waals surface area (Å²) in [7, 11) is 1.41. The number of para-hydroxylation sites is 1. The van der Waals surface area contributed by atoms with Gasteiger partial charge in [-0.25, -0.2) is 10.2 Å². The van der Waals surface area contributed by atoms with Gasteiger partial charge in [0.1, 0.15) is 5.00 Å². The number of amides is 2. The van der Waals surface area contributed by atoms with E-state index in [4.69, 9.17) is 9.47 Å². The van der Waals surface area contributed by atoms with E-state index in [0.29, 0.717) is 22.0 Å². The molecule has 0 aliphatic heterocycles. The van der Waals surface area contributed by atoms with E-state index in [1.807, 2.05) is 0 Å². The SMILES string of the molecule is CCOC(=O)c1c(NC(=O)C(=O)N/N=C\c2cccc(OC)c2O)sc2c1CC[C@@H](C)C2. The number of hydrazone groups is 1. The number of ether oxygens (including phenoxy) is 2. The van der Waals surface area contributed by atoms with Crippen LogP contribution in [0, 0.1) is 5.92 Å². The van der Waals surface area contributed by atoms with Crippen molar-refractivity contribution in [3.8, 4) is 11.5 Å². The third-order valence-electron chi connectivity index (χ3n) is 5.04. The zero-order valence-corrected chi connectivity index (χ0v) is 18.9. The molecule has 0 spiro atoms. The molecule has 0 unspecified atom stereocenters. The van der Waals surface area contributed by atoms with Crippen LogP contribution in [-0.4, -0.2) is 42.8 Å². The molecular formula is C22H25N3O6S. The maximum absolute atomic E-state index is 12.5. The minimum absolute atomic E-state index is 0.144. The van der Waals surface area contributed by atoms with E-state index in [1.54, 1.807) is 25.1 Å². The highest BCUT2D eigenvalue weighted by atomic mass is 32.1. The third kappa shape index (κ3) is 5.08. The van der Waals surface area contributed by atoms with E-state index in [9.17, 15) is 19.5 Å². The molecule has 170 valence electrons. The number of anilines is 1. The van der Waals surface area contributed by atoms with Crippen LogP contribution in [0.1, 0.15) is 46.6 Å². The van der Waals surface area contributed by atoms with Gasteiger partial charge in [-0.2, -0.15) is 5.10 Å².